The predicted molar refractivity (Wildman–Crippen MR) is 72.0 cm³/mol. The monoisotopic (exact) mass is 253 g/mol. The number of unbranched alkanes of at least 4 members (excludes halogenated alkanes) is 1. The van der Waals surface area contributed by atoms with Gasteiger partial charge >= 0.3 is 0 Å². The highest BCUT2D eigenvalue weighted by molar-refractivity contribution is 5.32. The first-order chi connectivity index (χ1) is 8.57. The lowest BCUT2D eigenvalue weighted by atomic mass is 9.97. The molecule has 1 aromatic carbocycles. The summed E-state index contributed by atoms with van der Waals surface area (Å²) in [6, 6.07) is 7.55. The lowest BCUT2D eigenvalue weighted by Gasteiger charge is -2.21. The minimum Gasteiger partial charge on any atom is -0.497 e. The topological polar surface area (TPSA) is 64.7 Å². The van der Waals surface area contributed by atoms with Crippen molar-refractivity contribution in [2.75, 3.05) is 20.3 Å². The van der Waals surface area contributed by atoms with Crippen molar-refractivity contribution in [1.82, 2.24) is 0 Å². The largest absolute Gasteiger partial charge is 0.497 e. The van der Waals surface area contributed by atoms with E-state index in [-0.39, 0.29) is 6.61 Å². The van der Waals surface area contributed by atoms with E-state index in [0.717, 1.165) is 30.8 Å². The van der Waals surface area contributed by atoms with E-state index < -0.39 is 5.54 Å². The zero-order chi connectivity index (χ0) is 13.4. The molecular weight excluding hydrogens is 230 g/mol. The zero-order valence-corrected chi connectivity index (χ0v) is 11.2. The molecule has 0 amide bonds. The number of methoxy groups -OCH3 is 1. The minimum absolute atomic E-state index is 0.0176. The van der Waals surface area contributed by atoms with Gasteiger partial charge in [-0.25, -0.2) is 0 Å². The fourth-order valence-electron chi connectivity index (χ4n) is 1.59. The van der Waals surface area contributed by atoms with Crippen LogP contribution in [0.1, 0.15) is 26.2 Å². The molecule has 0 saturated heterocycles. The van der Waals surface area contributed by atoms with Gasteiger partial charge in [0.25, 0.3) is 0 Å². The smallest absolute Gasteiger partial charge is 0.122 e. The average molecular weight is 253 g/mol. The lowest BCUT2D eigenvalue weighted by Crippen LogP contribution is -2.39. The number of aliphatic hydroxyl groups is 1. The normalized spacial score (nSPS) is 14.0. The molecule has 0 aliphatic carbocycles. The summed E-state index contributed by atoms with van der Waals surface area (Å²) >= 11 is 0. The van der Waals surface area contributed by atoms with Crippen LogP contribution in [-0.4, -0.2) is 31.0 Å². The molecule has 0 aliphatic rings. The van der Waals surface area contributed by atoms with Crippen LogP contribution in [-0.2, 0) is 0 Å². The zero-order valence-electron chi connectivity index (χ0n) is 11.2. The minimum atomic E-state index is -0.476. The van der Waals surface area contributed by atoms with Crippen molar-refractivity contribution in [2.24, 2.45) is 5.73 Å². The Hall–Kier alpha value is -1.26. The highest BCUT2D eigenvalue weighted by Gasteiger charge is 2.15. The van der Waals surface area contributed by atoms with Crippen molar-refractivity contribution >= 4 is 0 Å². The van der Waals surface area contributed by atoms with Gasteiger partial charge in [0.1, 0.15) is 11.5 Å². The number of rotatable bonds is 8. The predicted octanol–water partition coefficient (Wildman–Crippen LogP) is 1.95. The van der Waals surface area contributed by atoms with E-state index in [9.17, 15) is 0 Å². The van der Waals surface area contributed by atoms with Crippen LogP contribution in [0.3, 0.4) is 0 Å². The maximum absolute atomic E-state index is 9.02. The number of hydrogen-bond acceptors (Lipinski definition) is 4. The Balaban J connectivity index is 2.21. The molecule has 4 nitrogen and oxygen atoms in total. The summed E-state index contributed by atoms with van der Waals surface area (Å²) in [7, 11) is 1.64. The van der Waals surface area contributed by atoms with E-state index in [1.54, 1.807) is 7.11 Å². The van der Waals surface area contributed by atoms with Crippen LogP contribution < -0.4 is 15.2 Å². The second-order valence-electron chi connectivity index (χ2n) is 4.80. The number of benzene rings is 1. The van der Waals surface area contributed by atoms with Gasteiger partial charge in [-0.3, -0.25) is 0 Å². The summed E-state index contributed by atoms with van der Waals surface area (Å²) in [6.07, 6.45) is 2.66. The van der Waals surface area contributed by atoms with Crippen LogP contribution in [0.25, 0.3) is 0 Å². The molecule has 0 radical (unpaired) electrons. The van der Waals surface area contributed by atoms with Crippen LogP contribution in [0, 0.1) is 0 Å². The van der Waals surface area contributed by atoms with Gasteiger partial charge < -0.3 is 20.3 Å². The van der Waals surface area contributed by atoms with Crippen LogP contribution in [0.5, 0.6) is 11.5 Å². The molecule has 102 valence electrons. The summed E-state index contributed by atoms with van der Waals surface area (Å²) in [5.74, 6) is 1.61. The van der Waals surface area contributed by atoms with Crippen LogP contribution in [0.4, 0.5) is 0 Å². The standard InChI is InChI=1S/C14H23NO3/c1-14(15,11-16)8-3-4-9-18-13-7-5-6-12(10-13)17-2/h5-7,10,16H,3-4,8-9,11,15H2,1-2H3. The Kier molecular flexibility index (Phi) is 5.95. The Morgan fingerprint density at radius 2 is 2.00 bits per heavy atom. The van der Waals surface area contributed by atoms with Gasteiger partial charge in [0.15, 0.2) is 0 Å². The quantitative estimate of drug-likeness (QED) is 0.695. The molecule has 3 N–H and O–H groups in total. The summed E-state index contributed by atoms with van der Waals surface area (Å²) in [6.45, 7) is 2.52. The molecule has 4 heteroatoms. The van der Waals surface area contributed by atoms with Crippen molar-refractivity contribution in [2.45, 2.75) is 31.7 Å². The van der Waals surface area contributed by atoms with Crippen molar-refractivity contribution < 1.29 is 14.6 Å². The van der Waals surface area contributed by atoms with Gasteiger partial charge in [0.05, 0.1) is 20.3 Å². The molecule has 0 spiro atoms. The second-order valence-corrected chi connectivity index (χ2v) is 4.80. The summed E-state index contributed by atoms with van der Waals surface area (Å²) in [4.78, 5) is 0. The fraction of sp³-hybridized carbons (Fsp3) is 0.571. The second kappa shape index (κ2) is 7.24. The summed E-state index contributed by atoms with van der Waals surface area (Å²) in [5, 5.41) is 9.02. The maximum atomic E-state index is 9.02. The molecular formula is C14H23NO3. The van der Waals surface area contributed by atoms with Gasteiger partial charge in [-0.2, -0.15) is 0 Å². The van der Waals surface area contributed by atoms with Gasteiger partial charge in [-0.05, 0) is 38.3 Å². The van der Waals surface area contributed by atoms with Crippen molar-refractivity contribution in [1.29, 1.82) is 0 Å². The van der Waals surface area contributed by atoms with Crippen molar-refractivity contribution in [3.8, 4) is 11.5 Å². The summed E-state index contributed by atoms with van der Waals surface area (Å²) in [5.41, 5.74) is 5.36. The third-order valence-electron chi connectivity index (χ3n) is 2.81. The van der Waals surface area contributed by atoms with Crippen LogP contribution in [0.15, 0.2) is 24.3 Å². The summed E-state index contributed by atoms with van der Waals surface area (Å²) < 4.78 is 10.7. The molecule has 0 saturated carbocycles. The highest BCUT2D eigenvalue weighted by Crippen LogP contribution is 2.19. The molecule has 1 unspecified atom stereocenters. The molecule has 0 fully saturated rings. The molecule has 0 bridgehead atoms. The van der Waals surface area contributed by atoms with E-state index in [4.69, 9.17) is 20.3 Å². The molecule has 1 atom stereocenters. The van der Waals surface area contributed by atoms with Gasteiger partial charge in [0.2, 0.25) is 0 Å². The Labute approximate surface area is 109 Å². The van der Waals surface area contributed by atoms with Crippen LogP contribution in [0.2, 0.25) is 0 Å². The lowest BCUT2D eigenvalue weighted by molar-refractivity contribution is 0.194. The molecule has 1 aromatic rings. The van der Waals surface area contributed by atoms with Crippen LogP contribution >= 0.6 is 0 Å². The van der Waals surface area contributed by atoms with Gasteiger partial charge in [0, 0.05) is 11.6 Å². The fourth-order valence-corrected chi connectivity index (χ4v) is 1.59. The third-order valence-corrected chi connectivity index (χ3v) is 2.81. The Bertz CT molecular complexity index is 353. The number of nitrogens with two attached hydrogens (primary N) is 1. The third kappa shape index (κ3) is 5.38. The molecule has 1 rings (SSSR count). The first-order valence-electron chi connectivity index (χ1n) is 6.24. The average Bonchev–Trinajstić information content (AvgIpc) is 2.38. The van der Waals surface area contributed by atoms with Gasteiger partial charge in [-0.1, -0.05) is 6.07 Å². The van der Waals surface area contributed by atoms with Crippen molar-refractivity contribution in [3.63, 3.8) is 0 Å². The van der Waals surface area contributed by atoms with Crippen molar-refractivity contribution in [3.05, 3.63) is 24.3 Å². The Morgan fingerprint density at radius 3 is 2.67 bits per heavy atom. The number of hydrogen-bond donors (Lipinski definition) is 2. The first kappa shape index (κ1) is 14.8. The van der Waals surface area contributed by atoms with E-state index in [1.807, 2.05) is 31.2 Å². The van der Waals surface area contributed by atoms with E-state index in [0.29, 0.717) is 6.61 Å². The van der Waals surface area contributed by atoms with Gasteiger partial charge in [-0.15, -0.1) is 0 Å². The maximum Gasteiger partial charge on any atom is 0.122 e. The van der Waals surface area contributed by atoms with E-state index in [2.05, 4.69) is 0 Å². The first-order valence-corrected chi connectivity index (χ1v) is 6.24. The molecule has 18 heavy (non-hydrogen) atoms. The SMILES string of the molecule is COc1cccc(OCCCCC(C)(N)CO)c1. The molecule has 0 aliphatic heterocycles. The molecule has 0 heterocycles. The number of aliphatic hydroxyl groups excluding tert-OH is 1. The Morgan fingerprint density at radius 1 is 1.28 bits per heavy atom. The highest BCUT2D eigenvalue weighted by atomic mass is 16.5. The number of ether oxygens (including phenoxy) is 2. The van der Waals surface area contributed by atoms with E-state index in [1.165, 1.54) is 0 Å². The van der Waals surface area contributed by atoms with E-state index >= 15 is 0 Å². The molecule has 0 aromatic heterocycles.